The van der Waals surface area contributed by atoms with Crippen molar-refractivity contribution in [1.82, 2.24) is 0 Å². The largest absolute Gasteiger partial charge is 0.377 e. The van der Waals surface area contributed by atoms with E-state index in [0.717, 1.165) is 30.2 Å². The molecule has 1 saturated heterocycles. The van der Waals surface area contributed by atoms with E-state index in [2.05, 4.69) is 35.1 Å². The molecule has 0 aromatic heterocycles. The molecular formula is C15H21BrN2O3. The Hall–Kier alpha value is -1.14. The molecule has 0 aliphatic carbocycles. The Balaban J connectivity index is 2.18. The monoisotopic (exact) mass is 356 g/mol. The number of rotatable bonds is 5. The molecule has 0 spiro atoms. The molecular weight excluding hydrogens is 336 g/mol. The summed E-state index contributed by atoms with van der Waals surface area (Å²) in [4.78, 5) is 10.8. The maximum absolute atomic E-state index is 11.1. The van der Waals surface area contributed by atoms with Crippen LogP contribution in [0.15, 0.2) is 22.7 Å². The smallest absolute Gasteiger partial charge is 0.292 e. The van der Waals surface area contributed by atoms with Crippen molar-refractivity contribution < 1.29 is 9.66 Å². The molecule has 5 nitrogen and oxygen atoms in total. The predicted octanol–water partition coefficient (Wildman–Crippen LogP) is 4.51. The molecule has 1 atom stereocenters. The van der Waals surface area contributed by atoms with Crippen molar-refractivity contribution >= 4 is 27.3 Å². The van der Waals surface area contributed by atoms with Gasteiger partial charge in [0, 0.05) is 23.2 Å². The Morgan fingerprint density at radius 1 is 1.48 bits per heavy atom. The minimum atomic E-state index is -0.346. The summed E-state index contributed by atoms with van der Waals surface area (Å²) in [5.41, 5.74) is 0.585. The first kappa shape index (κ1) is 16.2. The number of benzene rings is 1. The van der Waals surface area contributed by atoms with Gasteiger partial charge in [0.15, 0.2) is 0 Å². The van der Waals surface area contributed by atoms with Crippen LogP contribution in [0.3, 0.4) is 0 Å². The van der Waals surface area contributed by atoms with Gasteiger partial charge >= 0.3 is 0 Å². The third kappa shape index (κ3) is 3.74. The maximum Gasteiger partial charge on any atom is 0.292 e. The normalized spacial score (nSPS) is 21.0. The summed E-state index contributed by atoms with van der Waals surface area (Å²) >= 11 is 3.37. The summed E-state index contributed by atoms with van der Waals surface area (Å²) in [6, 6.07) is 5.19. The standard InChI is InChI=1S/C15H21BrN2O3/c1-3-15(4-2)10-12(7-8-21-15)17-13-9-11(16)5-6-14(13)18(19)20/h5-6,9,12,17H,3-4,7-8,10H2,1-2H3. The lowest BCUT2D eigenvalue weighted by Crippen LogP contribution is -2.43. The molecule has 0 bridgehead atoms. The highest BCUT2D eigenvalue weighted by atomic mass is 79.9. The Kier molecular flexibility index (Phi) is 5.22. The first-order valence-corrected chi connectivity index (χ1v) is 8.13. The second-order valence-electron chi connectivity index (χ2n) is 5.49. The van der Waals surface area contributed by atoms with Crippen LogP contribution in [0.2, 0.25) is 0 Å². The highest BCUT2D eigenvalue weighted by Gasteiger charge is 2.35. The van der Waals surface area contributed by atoms with Crippen LogP contribution in [-0.2, 0) is 4.74 Å². The summed E-state index contributed by atoms with van der Waals surface area (Å²) in [5, 5.41) is 14.5. The molecule has 1 unspecified atom stereocenters. The van der Waals surface area contributed by atoms with Crippen LogP contribution in [0.1, 0.15) is 39.5 Å². The molecule has 1 heterocycles. The molecule has 1 aliphatic heterocycles. The van der Waals surface area contributed by atoms with Gasteiger partial charge in [0.1, 0.15) is 5.69 Å². The minimum Gasteiger partial charge on any atom is -0.377 e. The molecule has 0 amide bonds. The highest BCUT2D eigenvalue weighted by molar-refractivity contribution is 9.10. The number of nitrogens with zero attached hydrogens (tertiary/aromatic N) is 1. The number of nitro groups is 1. The Labute approximate surface area is 133 Å². The van der Waals surface area contributed by atoms with Gasteiger partial charge in [0.05, 0.1) is 10.5 Å². The number of ether oxygens (including phenoxy) is 1. The number of nitrogens with one attached hydrogen (secondary N) is 1. The molecule has 2 rings (SSSR count). The zero-order valence-electron chi connectivity index (χ0n) is 12.4. The topological polar surface area (TPSA) is 64.4 Å². The number of anilines is 1. The molecule has 1 aliphatic rings. The molecule has 116 valence electrons. The summed E-state index contributed by atoms with van der Waals surface area (Å²) in [6.45, 7) is 4.96. The van der Waals surface area contributed by atoms with Crippen LogP contribution >= 0.6 is 15.9 Å². The van der Waals surface area contributed by atoms with Gasteiger partial charge < -0.3 is 10.1 Å². The fraction of sp³-hybridized carbons (Fsp3) is 0.600. The zero-order chi connectivity index (χ0) is 15.5. The molecule has 0 radical (unpaired) electrons. The average Bonchev–Trinajstić information content (AvgIpc) is 2.47. The first-order valence-electron chi connectivity index (χ1n) is 7.34. The zero-order valence-corrected chi connectivity index (χ0v) is 14.0. The van der Waals surface area contributed by atoms with E-state index in [0.29, 0.717) is 12.3 Å². The van der Waals surface area contributed by atoms with Gasteiger partial charge in [-0.25, -0.2) is 0 Å². The van der Waals surface area contributed by atoms with Gasteiger partial charge in [-0.1, -0.05) is 29.8 Å². The van der Waals surface area contributed by atoms with Crippen LogP contribution in [0.4, 0.5) is 11.4 Å². The lowest BCUT2D eigenvalue weighted by molar-refractivity contribution is -0.384. The minimum absolute atomic E-state index is 0.100. The predicted molar refractivity (Wildman–Crippen MR) is 86.7 cm³/mol. The Bertz CT molecular complexity index is 518. The molecule has 1 aromatic rings. The third-order valence-corrected chi connectivity index (χ3v) is 4.79. The van der Waals surface area contributed by atoms with Crippen LogP contribution < -0.4 is 5.32 Å². The molecule has 6 heteroatoms. The van der Waals surface area contributed by atoms with Crippen LogP contribution in [0.5, 0.6) is 0 Å². The van der Waals surface area contributed by atoms with Gasteiger partial charge in [-0.3, -0.25) is 10.1 Å². The van der Waals surface area contributed by atoms with Crippen LogP contribution in [-0.4, -0.2) is 23.2 Å². The van der Waals surface area contributed by atoms with Crippen molar-refractivity contribution in [2.75, 3.05) is 11.9 Å². The van der Waals surface area contributed by atoms with Crippen LogP contribution in [0.25, 0.3) is 0 Å². The van der Waals surface area contributed by atoms with Crippen molar-refractivity contribution in [3.8, 4) is 0 Å². The lowest BCUT2D eigenvalue weighted by Gasteiger charge is -2.40. The fourth-order valence-electron chi connectivity index (χ4n) is 2.90. The van der Waals surface area contributed by atoms with Crippen molar-refractivity contribution in [2.24, 2.45) is 0 Å². The quantitative estimate of drug-likeness (QED) is 0.622. The van der Waals surface area contributed by atoms with Crippen molar-refractivity contribution in [3.05, 3.63) is 32.8 Å². The third-order valence-electron chi connectivity index (χ3n) is 4.30. The van der Waals surface area contributed by atoms with E-state index < -0.39 is 0 Å². The number of hydrogen-bond donors (Lipinski definition) is 1. The van der Waals surface area contributed by atoms with Gasteiger partial charge in [0.2, 0.25) is 0 Å². The van der Waals surface area contributed by atoms with Crippen molar-refractivity contribution in [1.29, 1.82) is 0 Å². The molecule has 1 N–H and O–H groups in total. The number of halogens is 1. The van der Waals surface area contributed by atoms with E-state index in [-0.39, 0.29) is 22.3 Å². The van der Waals surface area contributed by atoms with E-state index in [4.69, 9.17) is 4.74 Å². The van der Waals surface area contributed by atoms with E-state index in [9.17, 15) is 10.1 Å². The summed E-state index contributed by atoms with van der Waals surface area (Å²) in [7, 11) is 0. The number of nitro benzene ring substituents is 1. The first-order chi connectivity index (χ1) is 9.99. The average molecular weight is 357 g/mol. The molecule has 1 fully saturated rings. The van der Waals surface area contributed by atoms with Gasteiger partial charge in [0.25, 0.3) is 5.69 Å². The summed E-state index contributed by atoms with van der Waals surface area (Å²) in [5.74, 6) is 0. The second-order valence-corrected chi connectivity index (χ2v) is 6.41. The van der Waals surface area contributed by atoms with E-state index in [1.807, 2.05) is 0 Å². The summed E-state index contributed by atoms with van der Waals surface area (Å²) < 4.78 is 6.78. The number of hydrogen-bond acceptors (Lipinski definition) is 4. The lowest BCUT2D eigenvalue weighted by atomic mass is 9.86. The van der Waals surface area contributed by atoms with E-state index in [1.54, 1.807) is 12.1 Å². The molecule has 0 saturated carbocycles. The summed E-state index contributed by atoms with van der Waals surface area (Å²) in [6.07, 6.45) is 3.67. The Morgan fingerprint density at radius 2 is 2.19 bits per heavy atom. The van der Waals surface area contributed by atoms with E-state index >= 15 is 0 Å². The van der Waals surface area contributed by atoms with Crippen LogP contribution in [0, 0.1) is 10.1 Å². The second kappa shape index (κ2) is 6.75. The van der Waals surface area contributed by atoms with Gasteiger partial charge in [-0.05, 0) is 37.8 Å². The SMILES string of the molecule is CCC1(CC)CC(Nc2cc(Br)ccc2[N+](=O)[O-])CCO1. The van der Waals surface area contributed by atoms with Gasteiger partial charge in [-0.15, -0.1) is 0 Å². The maximum atomic E-state index is 11.1. The highest BCUT2D eigenvalue weighted by Crippen LogP contribution is 2.35. The molecule has 21 heavy (non-hydrogen) atoms. The van der Waals surface area contributed by atoms with Crippen molar-refractivity contribution in [3.63, 3.8) is 0 Å². The van der Waals surface area contributed by atoms with Gasteiger partial charge in [-0.2, -0.15) is 0 Å². The Morgan fingerprint density at radius 3 is 2.81 bits per heavy atom. The fourth-order valence-corrected chi connectivity index (χ4v) is 3.26. The molecule has 1 aromatic carbocycles. The van der Waals surface area contributed by atoms with E-state index in [1.165, 1.54) is 6.07 Å². The van der Waals surface area contributed by atoms with Crippen molar-refractivity contribution in [2.45, 2.75) is 51.2 Å².